The molecule has 3 rings (SSSR count). The molecule has 0 bridgehead atoms. The fourth-order valence-electron chi connectivity index (χ4n) is 2.50. The number of aromatic nitrogens is 2. The molecule has 2 aromatic rings. The van der Waals surface area contributed by atoms with Crippen molar-refractivity contribution in [2.75, 3.05) is 0 Å². The number of aliphatic carboxylic acids is 1. The predicted molar refractivity (Wildman–Crippen MR) is 63.7 cm³/mol. The number of carboxylic acid groups (broad SMARTS) is 1. The summed E-state index contributed by atoms with van der Waals surface area (Å²) in [6, 6.07) is 6.92. The summed E-state index contributed by atoms with van der Waals surface area (Å²) in [5.74, 6) is -1.42. The van der Waals surface area contributed by atoms with Crippen LogP contribution in [0.2, 0.25) is 0 Å². The molecule has 0 amide bonds. The van der Waals surface area contributed by atoms with Crippen molar-refractivity contribution in [2.24, 2.45) is 0 Å². The molecular formula is C13H12N2O3. The summed E-state index contributed by atoms with van der Waals surface area (Å²) in [4.78, 5) is 26.1. The van der Waals surface area contributed by atoms with Gasteiger partial charge in [-0.15, -0.1) is 0 Å². The fourth-order valence-corrected chi connectivity index (χ4v) is 2.50. The number of nitrogens with zero attached hydrogens (tertiary/aromatic N) is 1. The Morgan fingerprint density at radius 1 is 1.33 bits per heavy atom. The molecule has 5 nitrogen and oxygen atoms in total. The first-order valence-corrected chi connectivity index (χ1v) is 5.79. The van der Waals surface area contributed by atoms with E-state index in [0.717, 1.165) is 5.69 Å². The number of aromatic amines is 1. The molecule has 5 heteroatoms. The number of carbonyl (C=O) groups is 2. The van der Waals surface area contributed by atoms with Crippen molar-refractivity contribution in [3.05, 3.63) is 47.5 Å². The maximum atomic E-state index is 12.2. The zero-order valence-electron chi connectivity index (χ0n) is 9.59. The van der Waals surface area contributed by atoms with Gasteiger partial charge in [0, 0.05) is 18.4 Å². The molecule has 2 N–H and O–H groups in total. The first-order chi connectivity index (χ1) is 8.68. The molecule has 1 atom stereocenters. The Labute approximate surface area is 103 Å². The molecule has 2 aromatic heterocycles. The van der Waals surface area contributed by atoms with Crippen molar-refractivity contribution >= 4 is 11.8 Å². The van der Waals surface area contributed by atoms with Crippen LogP contribution in [0.1, 0.15) is 34.2 Å². The second-order valence-electron chi connectivity index (χ2n) is 4.39. The number of H-pyrrole nitrogens is 1. The topological polar surface area (TPSA) is 75.1 Å². The van der Waals surface area contributed by atoms with Gasteiger partial charge in [0.1, 0.15) is 0 Å². The second kappa shape index (κ2) is 3.87. The summed E-state index contributed by atoms with van der Waals surface area (Å²) < 4.78 is 1.81. The molecule has 3 heterocycles. The van der Waals surface area contributed by atoms with Crippen LogP contribution in [0.3, 0.4) is 0 Å². The maximum absolute atomic E-state index is 12.2. The van der Waals surface area contributed by atoms with Crippen molar-refractivity contribution in [1.82, 2.24) is 9.55 Å². The molecule has 0 fully saturated rings. The molecular weight excluding hydrogens is 232 g/mol. The highest BCUT2D eigenvalue weighted by Crippen LogP contribution is 2.31. The van der Waals surface area contributed by atoms with Gasteiger partial charge in [-0.3, -0.25) is 9.59 Å². The fraction of sp³-hybridized carbons (Fsp3) is 0.231. The van der Waals surface area contributed by atoms with E-state index in [4.69, 9.17) is 5.11 Å². The van der Waals surface area contributed by atoms with Crippen LogP contribution >= 0.6 is 0 Å². The lowest BCUT2D eigenvalue weighted by Crippen LogP contribution is -2.10. The van der Waals surface area contributed by atoms with E-state index in [1.54, 1.807) is 30.5 Å². The molecule has 0 radical (unpaired) electrons. The SMILES string of the molecule is O=C(c1ccc[nH]1)c1ccc2n1CCC2C(=O)O. The van der Waals surface area contributed by atoms with Gasteiger partial charge in [-0.1, -0.05) is 0 Å². The number of rotatable bonds is 3. The average molecular weight is 244 g/mol. The van der Waals surface area contributed by atoms with Crippen molar-refractivity contribution in [3.63, 3.8) is 0 Å². The third-order valence-electron chi connectivity index (χ3n) is 3.39. The van der Waals surface area contributed by atoms with E-state index in [9.17, 15) is 9.59 Å². The van der Waals surface area contributed by atoms with Gasteiger partial charge in [-0.2, -0.15) is 0 Å². The second-order valence-corrected chi connectivity index (χ2v) is 4.39. The molecule has 18 heavy (non-hydrogen) atoms. The van der Waals surface area contributed by atoms with Crippen molar-refractivity contribution in [1.29, 1.82) is 0 Å². The minimum atomic E-state index is -0.828. The van der Waals surface area contributed by atoms with E-state index >= 15 is 0 Å². The summed E-state index contributed by atoms with van der Waals surface area (Å²) in [6.45, 7) is 0.584. The summed E-state index contributed by atoms with van der Waals surface area (Å²) in [5.41, 5.74) is 1.79. The Bertz CT molecular complexity index is 610. The highest BCUT2D eigenvalue weighted by Gasteiger charge is 2.31. The normalized spacial score (nSPS) is 17.7. The van der Waals surface area contributed by atoms with Gasteiger partial charge in [0.25, 0.3) is 0 Å². The number of fused-ring (bicyclic) bond motifs is 1. The van der Waals surface area contributed by atoms with E-state index < -0.39 is 11.9 Å². The third kappa shape index (κ3) is 1.48. The molecule has 0 aromatic carbocycles. The lowest BCUT2D eigenvalue weighted by molar-refractivity contribution is -0.138. The Hall–Kier alpha value is -2.30. The summed E-state index contributed by atoms with van der Waals surface area (Å²) in [6.07, 6.45) is 2.25. The van der Waals surface area contributed by atoms with Crippen LogP contribution in [0.4, 0.5) is 0 Å². The molecule has 0 aliphatic carbocycles. The van der Waals surface area contributed by atoms with Gasteiger partial charge < -0.3 is 14.7 Å². The largest absolute Gasteiger partial charge is 0.481 e. The summed E-state index contributed by atoms with van der Waals surface area (Å²) >= 11 is 0. The predicted octanol–water partition coefficient (Wildman–Crippen LogP) is 1.62. The molecule has 0 saturated carbocycles. The van der Waals surface area contributed by atoms with Gasteiger partial charge in [0.05, 0.1) is 17.3 Å². The van der Waals surface area contributed by atoms with E-state index in [1.165, 1.54) is 0 Å². The summed E-state index contributed by atoms with van der Waals surface area (Å²) in [7, 11) is 0. The van der Waals surface area contributed by atoms with Crippen molar-refractivity contribution < 1.29 is 14.7 Å². The quantitative estimate of drug-likeness (QED) is 0.805. The molecule has 0 saturated heterocycles. The Balaban J connectivity index is 2.00. The van der Waals surface area contributed by atoms with Crippen LogP contribution < -0.4 is 0 Å². The standard InChI is InChI=1S/C13H12N2O3/c16-12(9-2-1-6-14-9)11-4-3-10-8(13(17)18)5-7-15(10)11/h1-4,6,8,14H,5,7H2,(H,17,18). The summed E-state index contributed by atoms with van der Waals surface area (Å²) in [5, 5.41) is 9.09. The molecule has 1 aliphatic rings. The number of carboxylic acids is 1. The molecule has 1 unspecified atom stereocenters. The smallest absolute Gasteiger partial charge is 0.312 e. The Morgan fingerprint density at radius 2 is 2.17 bits per heavy atom. The number of hydrogen-bond donors (Lipinski definition) is 2. The van der Waals surface area contributed by atoms with Crippen LogP contribution in [-0.4, -0.2) is 26.4 Å². The first-order valence-electron chi connectivity index (χ1n) is 5.79. The number of carbonyl (C=O) groups excluding carboxylic acids is 1. The number of nitrogens with one attached hydrogen (secondary N) is 1. The van der Waals surface area contributed by atoms with Gasteiger partial charge in [0.15, 0.2) is 0 Å². The van der Waals surface area contributed by atoms with Gasteiger partial charge >= 0.3 is 5.97 Å². The highest BCUT2D eigenvalue weighted by molar-refractivity contribution is 6.07. The highest BCUT2D eigenvalue weighted by atomic mass is 16.4. The van der Waals surface area contributed by atoms with E-state index in [-0.39, 0.29) is 5.78 Å². The third-order valence-corrected chi connectivity index (χ3v) is 3.39. The van der Waals surface area contributed by atoms with Crippen LogP contribution in [0.15, 0.2) is 30.5 Å². The molecule has 92 valence electrons. The molecule has 1 aliphatic heterocycles. The van der Waals surface area contributed by atoms with Crippen LogP contribution in [0.5, 0.6) is 0 Å². The van der Waals surface area contributed by atoms with Crippen molar-refractivity contribution in [3.8, 4) is 0 Å². The minimum absolute atomic E-state index is 0.0997. The van der Waals surface area contributed by atoms with E-state index in [0.29, 0.717) is 24.4 Å². The Kier molecular flexibility index (Phi) is 2.33. The minimum Gasteiger partial charge on any atom is -0.481 e. The van der Waals surface area contributed by atoms with Crippen LogP contribution in [0, 0.1) is 0 Å². The zero-order chi connectivity index (χ0) is 12.7. The molecule has 0 spiro atoms. The van der Waals surface area contributed by atoms with E-state index in [2.05, 4.69) is 4.98 Å². The average Bonchev–Trinajstić information content (AvgIpc) is 3.04. The van der Waals surface area contributed by atoms with Crippen molar-refractivity contribution in [2.45, 2.75) is 18.9 Å². The monoisotopic (exact) mass is 244 g/mol. The van der Waals surface area contributed by atoms with Gasteiger partial charge in [-0.05, 0) is 30.7 Å². The van der Waals surface area contributed by atoms with Gasteiger partial charge in [0.2, 0.25) is 5.78 Å². The number of ketones is 1. The van der Waals surface area contributed by atoms with E-state index in [1.807, 2.05) is 4.57 Å². The maximum Gasteiger partial charge on any atom is 0.312 e. The first kappa shape index (κ1) is 10.8. The lowest BCUT2D eigenvalue weighted by atomic mass is 10.1. The number of hydrogen-bond acceptors (Lipinski definition) is 2. The van der Waals surface area contributed by atoms with Crippen LogP contribution in [0.25, 0.3) is 0 Å². The lowest BCUT2D eigenvalue weighted by Gasteiger charge is -2.04. The van der Waals surface area contributed by atoms with Crippen LogP contribution in [-0.2, 0) is 11.3 Å². The zero-order valence-corrected chi connectivity index (χ0v) is 9.59. The Morgan fingerprint density at radius 3 is 2.83 bits per heavy atom. The van der Waals surface area contributed by atoms with Gasteiger partial charge in [-0.25, -0.2) is 0 Å².